The van der Waals surface area contributed by atoms with Crippen LogP contribution in [0.15, 0.2) is 11.1 Å². The number of carbonyl (C=O) groups is 2. The maximum Gasteiger partial charge on any atom is 0.329 e. The summed E-state index contributed by atoms with van der Waals surface area (Å²) in [7, 11) is 0. The van der Waals surface area contributed by atoms with Gasteiger partial charge in [-0.25, -0.2) is 9.59 Å². The summed E-state index contributed by atoms with van der Waals surface area (Å²) in [5.74, 6) is -0.650. The van der Waals surface area contributed by atoms with Crippen molar-refractivity contribution in [3.63, 3.8) is 0 Å². The van der Waals surface area contributed by atoms with Crippen molar-refractivity contribution in [2.75, 3.05) is 6.54 Å². The molecule has 2 atom stereocenters. The Hall–Kier alpha value is -1.04. The summed E-state index contributed by atoms with van der Waals surface area (Å²) < 4.78 is 0.638. The Morgan fingerprint density at radius 3 is 2.72 bits per heavy atom. The van der Waals surface area contributed by atoms with Crippen molar-refractivity contribution >= 4 is 27.9 Å². The normalized spacial score (nSPS) is 27.3. The first-order chi connectivity index (χ1) is 8.35. The highest BCUT2D eigenvalue weighted by Gasteiger charge is 2.43. The fourth-order valence-corrected chi connectivity index (χ4v) is 2.49. The average molecular weight is 319 g/mol. The second kappa shape index (κ2) is 6.22. The lowest BCUT2D eigenvalue weighted by atomic mass is 9.76. The smallest absolute Gasteiger partial charge is 0.329 e. The predicted octanol–water partition coefficient (Wildman–Crippen LogP) is 2.23. The molecule has 1 aliphatic rings. The number of hydrogen-bond acceptors (Lipinski definition) is 2. The molecule has 1 fully saturated rings. The van der Waals surface area contributed by atoms with Gasteiger partial charge in [-0.3, -0.25) is 0 Å². The molecule has 5 nitrogen and oxygen atoms in total. The van der Waals surface area contributed by atoms with Crippen molar-refractivity contribution in [2.45, 2.75) is 38.1 Å². The molecule has 18 heavy (non-hydrogen) atoms. The highest BCUT2D eigenvalue weighted by molar-refractivity contribution is 9.11. The number of nitrogens with one attached hydrogen (secondary N) is 2. The average Bonchev–Trinajstić information content (AvgIpc) is 2.26. The molecular formula is C12H19BrN2O3. The molecule has 2 amide bonds. The topological polar surface area (TPSA) is 78.4 Å². The lowest BCUT2D eigenvalue weighted by Gasteiger charge is -2.36. The van der Waals surface area contributed by atoms with Gasteiger partial charge in [0, 0.05) is 4.48 Å². The first-order valence-corrected chi connectivity index (χ1v) is 6.78. The van der Waals surface area contributed by atoms with Crippen LogP contribution in [0.5, 0.6) is 0 Å². The number of carboxylic acids is 1. The second-order valence-electron chi connectivity index (χ2n) is 4.91. The molecule has 0 saturated heterocycles. The van der Waals surface area contributed by atoms with E-state index in [-0.39, 0.29) is 6.54 Å². The van der Waals surface area contributed by atoms with Crippen LogP contribution in [0, 0.1) is 5.92 Å². The lowest BCUT2D eigenvalue weighted by molar-refractivity contribution is -0.146. The van der Waals surface area contributed by atoms with Crippen LogP contribution in [0.3, 0.4) is 0 Å². The molecule has 0 aliphatic heterocycles. The minimum atomic E-state index is -1.13. The van der Waals surface area contributed by atoms with E-state index in [1.807, 2.05) is 6.92 Å². The summed E-state index contributed by atoms with van der Waals surface area (Å²) in [6.45, 7) is 5.88. The number of halogens is 1. The molecule has 102 valence electrons. The van der Waals surface area contributed by atoms with Crippen LogP contribution >= 0.6 is 15.9 Å². The fraction of sp³-hybridized carbons (Fsp3) is 0.667. The van der Waals surface area contributed by atoms with Crippen molar-refractivity contribution in [3.05, 3.63) is 11.1 Å². The van der Waals surface area contributed by atoms with Crippen molar-refractivity contribution in [3.8, 4) is 0 Å². The summed E-state index contributed by atoms with van der Waals surface area (Å²) in [5.41, 5.74) is -1.13. The van der Waals surface area contributed by atoms with Crippen molar-refractivity contribution < 1.29 is 14.7 Å². The number of rotatable bonds is 4. The van der Waals surface area contributed by atoms with E-state index in [1.54, 1.807) is 0 Å². The highest BCUT2D eigenvalue weighted by atomic mass is 79.9. The molecule has 1 aliphatic carbocycles. The van der Waals surface area contributed by atoms with E-state index < -0.39 is 17.5 Å². The number of amides is 2. The van der Waals surface area contributed by atoms with Crippen LogP contribution in [0.4, 0.5) is 4.79 Å². The zero-order valence-electron chi connectivity index (χ0n) is 10.5. The maximum absolute atomic E-state index is 11.7. The number of carboxylic acid groups (broad SMARTS) is 1. The molecule has 1 saturated carbocycles. The van der Waals surface area contributed by atoms with Crippen LogP contribution in [-0.4, -0.2) is 29.2 Å². The van der Waals surface area contributed by atoms with E-state index in [0.717, 1.165) is 12.8 Å². The predicted molar refractivity (Wildman–Crippen MR) is 72.6 cm³/mol. The Balaban J connectivity index is 2.65. The largest absolute Gasteiger partial charge is 0.480 e. The third-order valence-electron chi connectivity index (χ3n) is 3.20. The van der Waals surface area contributed by atoms with Crippen LogP contribution in [0.25, 0.3) is 0 Å². The monoisotopic (exact) mass is 318 g/mol. The summed E-state index contributed by atoms with van der Waals surface area (Å²) in [4.78, 5) is 23.1. The molecule has 3 N–H and O–H groups in total. The van der Waals surface area contributed by atoms with Crippen LogP contribution in [0.1, 0.15) is 32.6 Å². The summed E-state index contributed by atoms with van der Waals surface area (Å²) in [6.07, 6.45) is 2.79. The number of urea groups is 1. The van der Waals surface area contributed by atoms with Crippen molar-refractivity contribution in [1.82, 2.24) is 10.6 Å². The zero-order chi connectivity index (χ0) is 13.8. The second-order valence-corrected chi connectivity index (χ2v) is 6.04. The Labute approximate surface area is 115 Å². The molecule has 0 spiro atoms. The molecular weight excluding hydrogens is 300 g/mol. The molecule has 2 unspecified atom stereocenters. The molecule has 0 bridgehead atoms. The van der Waals surface area contributed by atoms with Gasteiger partial charge < -0.3 is 15.7 Å². The first kappa shape index (κ1) is 15.0. The van der Waals surface area contributed by atoms with Gasteiger partial charge in [0.15, 0.2) is 0 Å². The van der Waals surface area contributed by atoms with Gasteiger partial charge in [0.05, 0.1) is 6.54 Å². The van der Waals surface area contributed by atoms with Crippen LogP contribution in [0.2, 0.25) is 0 Å². The van der Waals surface area contributed by atoms with E-state index >= 15 is 0 Å². The first-order valence-electron chi connectivity index (χ1n) is 5.98. The van der Waals surface area contributed by atoms with E-state index in [2.05, 4.69) is 33.1 Å². The van der Waals surface area contributed by atoms with Gasteiger partial charge in [0.2, 0.25) is 0 Å². The van der Waals surface area contributed by atoms with Crippen molar-refractivity contribution in [2.24, 2.45) is 5.92 Å². The molecule has 0 aromatic heterocycles. The zero-order valence-corrected chi connectivity index (χ0v) is 12.0. The summed E-state index contributed by atoms with van der Waals surface area (Å²) in [5, 5.41) is 14.5. The summed E-state index contributed by atoms with van der Waals surface area (Å²) in [6, 6.07) is -0.466. The number of carbonyl (C=O) groups excluding carboxylic acids is 1. The van der Waals surface area contributed by atoms with Crippen LogP contribution < -0.4 is 10.6 Å². The quantitative estimate of drug-likeness (QED) is 0.743. The third-order valence-corrected chi connectivity index (χ3v) is 3.48. The molecule has 1 rings (SSSR count). The minimum absolute atomic E-state index is 0.275. The highest BCUT2D eigenvalue weighted by Crippen LogP contribution is 2.32. The van der Waals surface area contributed by atoms with E-state index in [4.69, 9.17) is 0 Å². The van der Waals surface area contributed by atoms with E-state index in [0.29, 0.717) is 23.2 Å². The Kier molecular flexibility index (Phi) is 5.19. The van der Waals surface area contributed by atoms with Gasteiger partial charge in [0.1, 0.15) is 5.54 Å². The Morgan fingerprint density at radius 1 is 1.56 bits per heavy atom. The van der Waals surface area contributed by atoms with E-state index in [9.17, 15) is 14.7 Å². The Morgan fingerprint density at radius 2 is 2.22 bits per heavy atom. The molecule has 6 heteroatoms. The SMILES string of the molecule is C=C(Br)CNC(=O)NC1(C(=O)O)CCCC(C)C1. The van der Waals surface area contributed by atoms with Crippen LogP contribution in [-0.2, 0) is 4.79 Å². The molecule has 0 aromatic rings. The van der Waals surface area contributed by atoms with Gasteiger partial charge in [-0.2, -0.15) is 0 Å². The molecule has 0 aromatic carbocycles. The maximum atomic E-state index is 11.7. The summed E-state index contributed by atoms with van der Waals surface area (Å²) >= 11 is 3.13. The molecule has 0 radical (unpaired) electrons. The lowest BCUT2D eigenvalue weighted by Crippen LogP contribution is -2.59. The van der Waals surface area contributed by atoms with E-state index in [1.165, 1.54) is 0 Å². The van der Waals surface area contributed by atoms with Gasteiger partial charge in [-0.1, -0.05) is 42.3 Å². The number of aliphatic carboxylic acids is 1. The van der Waals surface area contributed by atoms with Gasteiger partial charge >= 0.3 is 12.0 Å². The molecule has 0 heterocycles. The Bertz CT molecular complexity index is 359. The van der Waals surface area contributed by atoms with Gasteiger partial charge in [-0.15, -0.1) is 0 Å². The van der Waals surface area contributed by atoms with Crippen molar-refractivity contribution in [1.29, 1.82) is 0 Å². The minimum Gasteiger partial charge on any atom is -0.480 e. The number of hydrogen-bond donors (Lipinski definition) is 3. The van der Waals surface area contributed by atoms with Gasteiger partial charge in [0.25, 0.3) is 0 Å². The fourth-order valence-electron chi connectivity index (χ4n) is 2.35. The van der Waals surface area contributed by atoms with Gasteiger partial charge in [-0.05, 0) is 18.8 Å². The third kappa shape index (κ3) is 4.01. The standard InChI is InChI=1S/C12H19BrN2O3/c1-8-4-3-5-12(6-8,10(16)17)15-11(18)14-7-9(2)13/h8H,2-7H2,1H3,(H,16,17)(H2,14,15,18).